The lowest BCUT2D eigenvalue weighted by atomic mass is 9.96. The average Bonchev–Trinajstić information content (AvgIpc) is 2.69. The summed E-state index contributed by atoms with van der Waals surface area (Å²) in [5.74, 6) is 0.818. The van der Waals surface area contributed by atoms with E-state index in [4.69, 9.17) is 0 Å². The standard InChI is InChI=1S/C19H19N5O/c25-18(23-17-6-1-5-16-15(17)4-2-9-20-16)14-7-12-24(13-8-14)19-21-10-3-11-22-19/h1-6,9-11,14H,7-8,12-13H2,(H,23,25). The molecule has 0 unspecified atom stereocenters. The van der Waals surface area contributed by atoms with E-state index in [1.807, 2.05) is 36.4 Å². The molecule has 0 bridgehead atoms. The molecule has 126 valence electrons. The number of rotatable bonds is 3. The molecule has 3 aromatic rings. The van der Waals surface area contributed by atoms with Crippen LogP contribution in [0.1, 0.15) is 12.8 Å². The molecule has 0 radical (unpaired) electrons. The van der Waals surface area contributed by atoms with E-state index in [-0.39, 0.29) is 11.8 Å². The number of nitrogens with zero attached hydrogens (tertiary/aromatic N) is 4. The van der Waals surface area contributed by atoms with Gasteiger partial charge in [0.25, 0.3) is 0 Å². The molecule has 0 aliphatic carbocycles. The molecule has 0 spiro atoms. The van der Waals surface area contributed by atoms with Crippen LogP contribution in [0, 0.1) is 5.92 Å². The van der Waals surface area contributed by atoms with Gasteiger partial charge in [0.1, 0.15) is 0 Å². The Bertz CT molecular complexity index is 870. The Balaban J connectivity index is 1.42. The molecule has 1 aliphatic heterocycles. The first-order valence-corrected chi connectivity index (χ1v) is 8.48. The third kappa shape index (κ3) is 3.28. The van der Waals surface area contributed by atoms with Gasteiger partial charge < -0.3 is 10.2 Å². The molecule has 2 aromatic heterocycles. The molecule has 6 nitrogen and oxygen atoms in total. The van der Waals surface area contributed by atoms with Crippen molar-refractivity contribution in [1.29, 1.82) is 0 Å². The summed E-state index contributed by atoms with van der Waals surface area (Å²) in [5.41, 5.74) is 1.71. The van der Waals surface area contributed by atoms with Gasteiger partial charge >= 0.3 is 0 Å². The van der Waals surface area contributed by atoms with Gasteiger partial charge in [-0.2, -0.15) is 0 Å². The van der Waals surface area contributed by atoms with E-state index in [0.29, 0.717) is 0 Å². The fourth-order valence-corrected chi connectivity index (χ4v) is 3.24. The van der Waals surface area contributed by atoms with Crippen molar-refractivity contribution in [3.8, 4) is 0 Å². The number of aromatic nitrogens is 3. The highest BCUT2D eigenvalue weighted by Crippen LogP contribution is 2.25. The maximum absolute atomic E-state index is 12.7. The molecule has 1 saturated heterocycles. The average molecular weight is 333 g/mol. The highest BCUT2D eigenvalue weighted by Gasteiger charge is 2.26. The number of fused-ring (bicyclic) bond motifs is 1. The van der Waals surface area contributed by atoms with E-state index in [9.17, 15) is 4.79 Å². The molecule has 0 saturated carbocycles. The van der Waals surface area contributed by atoms with Gasteiger partial charge in [0.15, 0.2) is 0 Å². The quantitative estimate of drug-likeness (QED) is 0.798. The lowest BCUT2D eigenvalue weighted by Crippen LogP contribution is -2.39. The lowest BCUT2D eigenvalue weighted by molar-refractivity contribution is -0.120. The van der Waals surface area contributed by atoms with Crippen molar-refractivity contribution in [2.45, 2.75) is 12.8 Å². The van der Waals surface area contributed by atoms with E-state index in [0.717, 1.165) is 48.5 Å². The second-order valence-corrected chi connectivity index (χ2v) is 6.18. The summed E-state index contributed by atoms with van der Waals surface area (Å²) in [6.45, 7) is 1.58. The Labute approximate surface area is 145 Å². The minimum atomic E-state index is 0.00638. The first-order chi connectivity index (χ1) is 12.3. The van der Waals surface area contributed by atoms with E-state index in [1.54, 1.807) is 18.6 Å². The maximum atomic E-state index is 12.7. The number of nitrogens with one attached hydrogen (secondary N) is 1. The zero-order valence-electron chi connectivity index (χ0n) is 13.8. The first kappa shape index (κ1) is 15.5. The largest absolute Gasteiger partial charge is 0.341 e. The van der Waals surface area contributed by atoms with Gasteiger partial charge in [0.2, 0.25) is 11.9 Å². The van der Waals surface area contributed by atoms with Crippen molar-refractivity contribution in [2.24, 2.45) is 5.92 Å². The molecule has 3 heterocycles. The fourth-order valence-electron chi connectivity index (χ4n) is 3.24. The van der Waals surface area contributed by atoms with Crippen LogP contribution in [0.5, 0.6) is 0 Å². The summed E-state index contributed by atoms with van der Waals surface area (Å²) in [6.07, 6.45) is 6.85. The van der Waals surface area contributed by atoms with Gasteiger partial charge in [-0.05, 0) is 43.2 Å². The summed E-state index contributed by atoms with van der Waals surface area (Å²) in [7, 11) is 0. The minimum Gasteiger partial charge on any atom is -0.341 e. The van der Waals surface area contributed by atoms with Crippen LogP contribution in [0.25, 0.3) is 10.9 Å². The molecule has 25 heavy (non-hydrogen) atoms. The summed E-state index contributed by atoms with van der Waals surface area (Å²) in [6, 6.07) is 11.5. The normalized spacial score (nSPS) is 15.3. The predicted molar refractivity (Wildman–Crippen MR) is 97.3 cm³/mol. The van der Waals surface area contributed by atoms with Gasteiger partial charge in [-0.15, -0.1) is 0 Å². The van der Waals surface area contributed by atoms with Gasteiger partial charge in [0, 0.05) is 43.0 Å². The molecule has 4 rings (SSSR count). The van der Waals surface area contributed by atoms with Crippen LogP contribution in [-0.2, 0) is 4.79 Å². The molecular weight excluding hydrogens is 314 g/mol. The number of amides is 1. The monoisotopic (exact) mass is 333 g/mol. The van der Waals surface area contributed by atoms with E-state index < -0.39 is 0 Å². The van der Waals surface area contributed by atoms with E-state index >= 15 is 0 Å². The molecule has 1 fully saturated rings. The van der Waals surface area contributed by atoms with Crippen molar-refractivity contribution in [1.82, 2.24) is 15.0 Å². The number of hydrogen-bond acceptors (Lipinski definition) is 5. The van der Waals surface area contributed by atoms with Crippen molar-refractivity contribution in [3.63, 3.8) is 0 Å². The van der Waals surface area contributed by atoms with Crippen LogP contribution in [0.3, 0.4) is 0 Å². The molecule has 1 amide bonds. The SMILES string of the molecule is O=C(Nc1cccc2ncccc12)C1CCN(c2ncccn2)CC1. The lowest BCUT2D eigenvalue weighted by Gasteiger charge is -2.31. The zero-order valence-corrected chi connectivity index (χ0v) is 13.8. The second-order valence-electron chi connectivity index (χ2n) is 6.18. The molecule has 1 aliphatic rings. The van der Waals surface area contributed by atoms with Crippen LogP contribution >= 0.6 is 0 Å². The van der Waals surface area contributed by atoms with Crippen molar-refractivity contribution in [3.05, 3.63) is 55.0 Å². The molecule has 6 heteroatoms. The fraction of sp³-hybridized carbons (Fsp3) is 0.263. The van der Waals surface area contributed by atoms with Crippen LogP contribution in [0.4, 0.5) is 11.6 Å². The molecule has 0 atom stereocenters. The molecular formula is C19H19N5O. The first-order valence-electron chi connectivity index (χ1n) is 8.48. The number of pyridine rings is 1. The summed E-state index contributed by atoms with van der Waals surface area (Å²) < 4.78 is 0. The van der Waals surface area contributed by atoms with Crippen molar-refractivity contribution in [2.75, 3.05) is 23.3 Å². The maximum Gasteiger partial charge on any atom is 0.227 e. The summed E-state index contributed by atoms with van der Waals surface area (Å²) in [5, 5.41) is 4.05. The third-order valence-corrected chi connectivity index (χ3v) is 4.60. The number of piperidine rings is 1. The topological polar surface area (TPSA) is 71.0 Å². The molecule has 1 N–H and O–H groups in total. The third-order valence-electron chi connectivity index (χ3n) is 4.60. The Morgan fingerprint density at radius 3 is 2.52 bits per heavy atom. The number of anilines is 2. The van der Waals surface area contributed by atoms with Crippen LogP contribution < -0.4 is 10.2 Å². The number of carbonyl (C=O) groups excluding carboxylic acids is 1. The zero-order chi connectivity index (χ0) is 17.1. The van der Waals surface area contributed by atoms with E-state index in [1.165, 1.54) is 0 Å². The van der Waals surface area contributed by atoms with Crippen LogP contribution in [0.15, 0.2) is 55.0 Å². The predicted octanol–water partition coefficient (Wildman–Crippen LogP) is 2.88. The molecule has 1 aromatic carbocycles. The summed E-state index contributed by atoms with van der Waals surface area (Å²) in [4.78, 5) is 27.7. The van der Waals surface area contributed by atoms with Gasteiger partial charge in [0.05, 0.1) is 11.2 Å². The Morgan fingerprint density at radius 1 is 0.960 bits per heavy atom. The van der Waals surface area contributed by atoms with Crippen molar-refractivity contribution < 1.29 is 4.79 Å². The van der Waals surface area contributed by atoms with E-state index in [2.05, 4.69) is 25.2 Å². The van der Waals surface area contributed by atoms with Gasteiger partial charge in [-0.1, -0.05) is 6.07 Å². The minimum absolute atomic E-state index is 0.00638. The highest BCUT2D eigenvalue weighted by molar-refractivity contribution is 6.01. The number of hydrogen-bond donors (Lipinski definition) is 1. The van der Waals surface area contributed by atoms with Crippen LogP contribution in [0.2, 0.25) is 0 Å². The smallest absolute Gasteiger partial charge is 0.227 e. The number of carbonyl (C=O) groups is 1. The Morgan fingerprint density at radius 2 is 1.72 bits per heavy atom. The Hall–Kier alpha value is -3.02. The Kier molecular flexibility index (Phi) is 4.24. The van der Waals surface area contributed by atoms with Gasteiger partial charge in [-0.25, -0.2) is 9.97 Å². The number of benzene rings is 1. The van der Waals surface area contributed by atoms with Gasteiger partial charge in [-0.3, -0.25) is 9.78 Å². The summed E-state index contributed by atoms with van der Waals surface area (Å²) >= 11 is 0. The second kappa shape index (κ2) is 6.84. The highest BCUT2D eigenvalue weighted by atomic mass is 16.1. The van der Waals surface area contributed by atoms with Crippen LogP contribution in [-0.4, -0.2) is 33.9 Å². The van der Waals surface area contributed by atoms with Crippen molar-refractivity contribution >= 4 is 28.4 Å².